The van der Waals surface area contributed by atoms with Crippen LogP contribution in [0.3, 0.4) is 0 Å². The van der Waals surface area contributed by atoms with Gasteiger partial charge in [0.05, 0.1) is 0 Å². The van der Waals surface area contributed by atoms with E-state index >= 15 is 0 Å². The fourth-order valence-electron chi connectivity index (χ4n) is 2.53. The van der Waals surface area contributed by atoms with Gasteiger partial charge in [-0.15, -0.1) is 0 Å². The molecule has 0 aliphatic carbocycles. The largest absolute Gasteiger partial charge is 0.371 e. The first kappa shape index (κ1) is 12.9. The zero-order valence-electron chi connectivity index (χ0n) is 10.5. The van der Waals surface area contributed by atoms with Gasteiger partial charge in [0.2, 0.25) is 0 Å². The zero-order valence-corrected chi connectivity index (χ0v) is 12.0. The van der Waals surface area contributed by atoms with E-state index in [1.807, 2.05) is 0 Å². The van der Waals surface area contributed by atoms with Crippen molar-refractivity contribution in [2.75, 3.05) is 18.0 Å². The lowest BCUT2D eigenvalue weighted by atomic mass is 10.0. The zero-order chi connectivity index (χ0) is 12.3. The molecule has 0 amide bonds. The Morgan fingerprint density at radius 2 is 2.18 bits per heavy atom. The summed E-state index contributed by atoms with van der Waals surface area (Å²) in [6.07, 6.45) is 3.94. The highest BCUT2D eigenvalue weighted by Gasteiger charge is 2.16. The van der Waals surface area contributed by atoms with Gasteiger partial charge >= 0.3 is 0 Å². The van der Waals surface area contributed by atoms with Gasteiger partial charge < -0.3 is 10.6 Å². The van der Waals surface area contributed by atoms with E-state index in [1.54, 1.807) is 0 Å². The van der Waals surface area contributed by atoms with Crippen LogP contribution in [-0.2, 0) is 6.54 Å². The molecule has 1 unspecified atom stereocenters. The van der Waals surface area contributed by atoms with E-state index in [0.29, 0.717) is 6.54 Å². The van der Waals surface area contributed by atoms with E-state index in [9.17, 15) is 0 Å². The van der Waals surface area contributed by atoms with Gasteiger partial charge in [-0.05, 0) is 48.9 Å². The second kappa shape index (κ2) is 5.87. The highest BCUT2D eigenvalue weighted by molar-refractivity contribution is 9.10. The van der Waals surface area contributed by atoms with Crippen LogP contribution in [0.25, 0.3) is 0 Å². The Kier molecular flexibility index (Phi) is 4.46. The molecule has 0 spiro atoms. The quantitative estimate of drug-likeness (QED) is 0.904. The Bertz CT molecular complexity index is 378. The lowest BCUT2D eigenvalue weighted by Gasteiger charge is -2.25. The maximum atomic E-state index is 5.85. The van der Waals surface area contributed by atoms with Crippen LogP contribution in [-0.4, -0.2) is 13.1 Å². The summed E-state index contributed by atoms with van der Waals surface area (Å²) in [5, 5.41) is 0. The number of hydrogen-bond donors (Lipinski definition) is 1. The van der Waals surface area contributed by atoms with Gasteiger partial charge in [-0.3, -0.25) is 0 Å². The molecular formula is C14H21BrN2. The van der Waals surface area contributed by atoms with E-state index in [2.05, 4.69) is 46.0 Å². The minimum atomic E-state index is 0.612. The fraction of sp³-hybridized carbons (Fsp3) is 0.571. The molecule has 2 rings (SSSR count). The van der Waals surface area contributed by atoms with Crippen molar-refractivity contribution >= 4 is 21.6 Å². The highest BCUT2D eigenvalue weighted by atomic mass is 79.9. The molecule has 1 aliphatic heterocycles. The van der Waals surface area contributed by atoms with Crippen molar-refractivity contribution in [2.24, 2.45) is 11.7 Å². The van der Waals surface area contributed by atoms with Crippen molar-refractivity contribution in [3.63, 3.8) is 0 Å². The van der Waals surface area contributed by atoms with Crippen molar-refractivity contribution in [1.29, 1.82) is 0 Å². The second-order valence-corrected chi connectivity index (χ2v) is 5.92. The Hall–Kier alpha value is -0.540. The van der Waals surface area contributed by atoms with Gasteiger partial charge in [-0.25, -0.2) is 0 Å². The van der Waals surface area contributed by atoms with Crippen LogP contribution in [0.2, 0.25) is 0 Å². The molecule has 17 heavy (non-hydrogen) atoms. The molecule has 0 saturated carbocycles. The van der Waals surface area contributed by atoms with Gasteiger partial charge in [0.25, 0.3) is 0 Å². The number of anilines is 1. The number of halogens is 1. The molecule has 1 heterocycles. The first-order chi connectivity index (χ1) is 8.20. The third-order valence-electron chi connectivity index (χ3n) is 3.62. The minimum absolute atomic E-state index is 0.612. The molecule has 1 aromatic carbocycles. The van der Waals surface area contributed by atoms with Crippen LogP contribution >= 0.6 is 15.9 Å². The smallest absolute Gasteiger partial charge is 0.0412 e. The number of hydrogen-bond acceptors (Lipinski definition) is 2. The van der Waals surface area contributed by atoms with Crippen molar-refractivity contribution in [3.8, 4) is 0 Å². The maximum Gasteiger partial charge on any atom is 0.0412 e. The minimum Gasteiger partial charge on any atom is -0.371 e. The van der Waals surface area contributed by atoms with Crippen molar-refractivity contribution in [2.45, 2.75) is 32.7 Å². The Morgan fingerprint density at radius 3 is 2.94 bits per heavy atom. The first-order valence-corrected chi connectivity index (χ1v) is 7.23. The first-order valence-electron chi connectivity index (χ1n) is 6.44. The van der Waals surface area contributed by atoms with Crippen LogP contribution in [0.1, 0.15) is 31.7 Å². The summed E-state index contributed by atoms with van der Waals surface area (Å²) in [4.78, 5) is 2.50. The monoisotopic (exact) mass is 296 g/mol. The van der Waals surface area contributed by atoms with Crippen molar-refractivity contribution < 1.29 is 0 Å². The standard InChI is InChI=1S/C14H21BrN2/c1-11-3-2-7-17(8-6-11)14-5-4-13(15)9-12(14)10-16/h4-5,9,11H,2-3,6-8,10,16H2,1H3. The molecular weight excluding hydrogens is 276 g/mol. The summed E-state index contributed by atoms with van der Waals surface area (Å²) in [6, 6.07) is 6.45. The third-order valence-corrected chi connectivity index (χ3v) is 4.11. The lowest BCUT2D eigenvalue weighted by molar-refractivity contribution is 0.521. The molecule has 2 N–H and O–H groups in total. The second-order valence-electron chi connectivity index (χ2n) is 5.00. The average Bonchev–Trinajstić information content (AvgIpc) is 2.54. The van der Waals surface area contributed by atoms with E-state index in [-0.39, 0.29) is 0 Å². The predicted molar refractivity (Wildman–Crippen MR) is 77.3 cm³/mol. The number of nitrogens with zero attached hydrogens (tertiary/aromatic N) is 1. The number of rotatable bonds is 2. The molecule has 0 aromatic heterocycles. The molecule has 94 valence electrons. The van der Waals surface area contributed by atoms with E-state index in [4.69, 9.17) is 5.73 Å². The van der Waals surface area contributed by atoms with Gasteiger partial charge in [0.1, 0.15) is 0 Å². The van der Waals surface area contributed by atoms with Crippen LogP contribution in [0.15, 0.2) is 22.7 Å². The summed E-state index contributed by atoms with van der Waals surface area (Å²) in [5.74, 6) is 0.858. The molecule has 0 radical (unpaired) electrons. The molecule has 1 aromatic rings. The van der Waals surface area contributed by atoms with Crippen LogP contribution in [0.4, 0.5) is 5.69 Å². The van der Waals surface area contributed by atoms with Crippen LogP contribution < -0.4 is 10.6 Å². The molecule has 1 atom stereocenters. The van der Waals surface area contributed by atoms with Crippen molar-refractivity contribution in [1.82, 2.24) is 0 Å². The molecule has 1 fully saturated rings. The SMILES string of the molecule is CC1CCCN(c2ccc(Br)cc2CN)CC1. The molecule has 3 heteroatoms. The van der Waals surface area contributed by atoms with Crippen molar-refractivity contribution in [3.05, 3.63) is 28.2 Å². The molecule has 1 saturated heterocycles. The van der Waals surface area contributed by atoms with Gasteiger partial charge in [-0.2, -0.15) is 0 Å². The number of nitrogens with two attached hydrogens (primary N) is 1. The summed E-state index contributed by atoms with van der Waals surface area (Å²) in [5.41, 5.74) is 8.41. The third kappa shape index (κ3) is 3.23. The summed E-state index contributed by atoms with van der Waals surface area (Å²) in [7, 11) is 0. The fourth-order valence-corrected chi connectivity index (χ4v) is 2.94. The Morgan fingerprint density at radius 1 is 1.35 bits per heavy atom. The molecule has 1 aliphatic rings. The van der Waals surface area contributed by atoms with E-state index in [0.717, 1.165) is 16.9 Å². The predicted octanol–water partition coefficient (Wildman–Crippen LogP) is 3.53. The van der Waals surface area contributed by atoms with Gasteiger partial charge in [0.15, 0.2) is 0 Å². The molecule has 0 bridgehead atoms. The normalized spacial score (nSPS) is 21.4. The lowest BCUT2D eigenvalue weighted by Crippen LogP contribution is -2.25. The van der Waals surface area contributed by atoms with Gasteiger partial charge in [-0.1, -0.05) is 22.9 Å². The average molecular weight is 297 g/mol. The Labute approximate surface area is 112 Å². The van der Waals surface area contributed by atoms with E-state index in [1.165, 1.54) is 37.1 Å². The van der Waals surface area contributed by atoms with Crippen LogP contribution in [0, 0.1) is 5.92 Å². The van der Waals surface area contributed by atoms with E-state index < -0.39 is 0 Å². The number of benzene rings is 1. The summed E-state index contributed by atoms with van der Waals surface area (Å²) < 4.78 is 1.12. The maximum absolute atomic E-state index is 5.85. The Balaban J connectivity index is 2.20. The topological polar surface area (TPSA) is 29.3 Å². The van der Waals surface area contributed by atoms with Crippen LogP contribution in [0.5, 0.6) is 0 Å². The highest BCUT2D eigenvalue weighted by Crippen LogP contribution is 2.27. The molecule has 2 nitrogen and oxygen atoms in total. The summed E-state index contributed by atoms with van der Waals surface area (Å²) in [6.45, 7) is 5.30. The summed E-state index contributed by atoms with van der Waals surface area (Å²) >= 11 is 3.51. The van der Waals surface area contributed by atoms with Gasteiger partial charge in [0, 0.05) is 29.8 Å².